The molecule has 0 aliphatic carbocycles. The summed E-state index contributed by atoms with van der Waals surface area (Å²) in [7, 11) is 0. The van der Waals surface area contributed by atoms with Crippen molar-refractivity contribution >= 4 is 105 Å². The van der Waals surface area contributed by atoms with E-state index in [-0.39, 0.29) is 116 Å². The van der Waals surface area contributed by atoms with Crippen molar-refractivity contribution in [3.63, 3.8) is 0 Å². The van der Waals surface area contributed by atoms with Gasteiger partial charge in [0.05, 0.1) is 59.7 Å². The zero-order valence-electron chi connectivity index (χ0n) is 22.5. The fourth-order valence-electron chi connectivity index (χ4n) is 2.65. The number of aliphatic hydroxyl groups is 2. The van der Waals surface area contributed by atoms with E-state index in [1.54, 1.807) is 0 Å². The second kappa shape index (κ2) is 23.0. The van der Waals surface area contributed by atoms with Gasteiger partial charge in [0.15, 0.2) is 11.5 Å². The lowest BCUT2D eigenvalue weighted by atomic mass is 10.0. The molecule has 0 saturated heterocycles. The van der Waals surface area contributed by atoms with E-state index in [4.69, 9.17) is 132 Å². The van der Waals surface area contributed by atoms with Crippen LogP contribution in [0.25, 0.3) is 11.1 Å². The van der Waals surface area contributed by atoms with E-state index >= 15 is 0 Å². The fourth-order valence-corrected chi connectivity index (χ4v) is 4.92. The lowest BCUT2D eigenvalue weighted by Gasteiger charge is -2.20. The lowest BCUT2D eigenvalue weighted by Crippen LogP contribution is -2.10. The SMILES string of the molecule is C=CC(=O)O.C=CC(=O)O.OCCOCCOc1c(Cl)c(Cl)c(-c2c(Cl)c(Cl)c(OCCOCCO)c(Cl)c2Cl)c(Cl)c1Cl. The molecule has 246 valence electrons. The number of halogens is 8. The first-order valence-corrected chi connectivity index (χ1v) is 14.8. The summed E-state index contributed by atoms with van der Waals surface area (Å²) in [5.41, 5.74) is 0.192. The van der Waals surface area contributed by atoms with Crippen LogP contribution in [0.2, 0.25) is 40.2 Å². The van der Waals surface area contributed by atoms with Gasteiger partial charge in [0.2, 0.25) is 0 Å². The van der Waals surface area contributed by atoms with E-state index in [9.17, 15) is 9.59 Å². The molecular formula is C26H26Cl8O10. The summed E-state index contributed by atoms with van der Waals surface area (Å²) in [5.74, 6) is -1.90. The lowest BCUT2D eigenvalue weighted by molar-refractivity contribution is -0.132. The molecule has 18 heteroatoms. The average Bonchev–Trinajstić information content (AvgIpc) is 3.00. The molecule has 0 heterocycles. The van der Waals surface area contributed by atoms with Gasteiger partial charge in [-0.25, -0.2) is 9.59 Å². The molecule has 0 aromatic heterocycles. The predicted molar refractivity (Wildman–Crippen MR) is 174 cm³/mol. The van der Waals surface area contributed by atoms with Gasteiger partial charge in [-0.1, -0.05) is 106 Å². The van der Waals surface area contributed by atoms with Gasteiger partial charge in [-0.3, -0.25) is 0 Å². The van der Waals surface area contributed by atoms with E-state index in [0.29, 0.717) is 0 Å². The highest BCUT2D eigenvalue weighted by molar-refractivity contribution is 6.55. The number of ether oxygens (including phenoxy) is 4. The summed E-state index contributed by atoms with van der Waals surface area (Å²) in [4.78, 5) is 18.5. The molecular weight excluding hydrogens is 756 g/mol. The largest absolute Gasteiger partial charge is 0.488 e. The van der Waals surface area contributed by atoms with Crippen molar-refractivity contribution in [1.82, 2.24) is 0 Å². The Hall–Kier alpha value is -1.38. The summed E-state index contributed by atoms with van der Waals surface area (Å²) in [6, 6.07) is 0. The first-order valence-electron chi connectivity index (χ1n) is 11.8. The third kappa shape index (κ3) is 13.5. The Morgan fingerprint density at radius 2 is 0.773 bits per heavy atom. The molecule has 0 fully saturated rings. The van der Waals surface area contributed by atoms with Crippen molar-refractivity contribution in [3.8, 4) is 22.6 Å². The number of hydrogen-bond acceptors (Lipinski definition) is 8. The molecule has 4 N–H and O–H groups in total. The minimum Gasteiger partial charge on any atom is -0.488 e. The van der Waals surface area contributed by atoms with Crippen LogP contribution in [-0.2, 0) is 19.1 Å². The molecule has 0 unspecified atom stereocenters. The van der Waals surface area contributed by atoms with Crippen LogP contribution < -0.4 is 9.47 Å². The van der Waals surface area contributed by atoms with Crippen LogP contribution in [0.5, 0.6) is 11.5 Å². The number of benzene rings is 2. The second-order valence-electron chi connectivity index (χ2n) is 7.37. The molecule has 0 aliphatic heterocycles. The number of aliphatic hydroxyl groups excluding tert-OH is 2. The van der Waals surface area contributed by atoms with Crippen LogP contribution in [0, 0.1) is 0 Å². The molecule has 2 aromatic rings. The Morgan fingerprint density at radius 1 is 0.523 bits per heavy atom. The van der Waals surface area contributed by atoms with Crippen LogP contribution in [0.3, 0.4) is 0 Å². The molecule has 0 amide bonds. The maximum atomic E-state index is 9.25. The third-order valence-electron chi connectivity index (χ3n) is 4.46. The zero-order valence-corrected chi connectivity index (χ0v) is 28.5. The van der Waals surface area contributed by atoms with Gasteiger partial charge in [-0.2, -0.15) is 0 Å². The highest BCUT2D eigenvalue weighted by atomic mass is 35.5. The highest BCUT2D eigenvalue weighted by Gasteiger charge is 2.29. The van der Waals surface area contributed by atoms with E-state index in [1.165, 1.54) is 0 Å². The van der Waals surface area contributed by atoms with Crippen molar-refractivity contribution < 1.29 is 49.0 Å². The number of carboxylic acids is 2. The molecule has 0 atom stereocenters. The Kier molecular flexibility index (Phi) is 22.3. The summed E-state index contributed by atoms with van der Waals surface area (Å²) < 4.78 is 21.4. The van der Waals surface area contributed by atoms with Gasteiger partial charge in [0.1, 0.15) is 33.3 Å². The average molecular weight is 782 g/mol. The van der Waals surface area contributed by atoms with E-state index in [2.05, 4.69) is 13.2 Å². The van der Waals surface area contributed by atoms with Gasteiger partial charge < -0.3 is 39.4 Å². The summed E-state index contributed by atoms with van der Waals surface area (Å²) in [6.07, 6.45) is 1.67. The van der Waals surface area contributed by atoms with Gasteiger partial charge in [0, 0.05) is 23.3 Å². The maximum absolute atomic E-state index is 9.25. The summed E-state index contributed by atoms with van der Waals surface area (Å²) in [6.45, 7) is 6.45. The normalized spacial score (nSPS) is 10.1. The number of hydrogen-bond donors (Lipinski definition) is 4. The second-order valence-corrected chi connectivity index (χ2v) is 10.4. The van der Waals surface area contributed by atoms with E-state index in [1.807, 2.05) is 0 Å². The zero-order chi connectivity index (χ0) is 34.0. The van der Waals surface area contributed by atoms with Crippen molar-refractivity contribution in [2.24, 2.45) is 0 Å². The minimum absolute atomic E-state index is 0.0296. The van der Waals surface area contributed by atoms with Crippen molar-refractivity contribution in [3.05, 3.63) is 65.5 Å². The smallest absolute Gasteiger partial charge is 0.327 e. The Balaban J connectivity index is 0.00000159. The van der Waals surface area contributed by atoms with Crippen molar-refractivity contribution in [2.75, 3.05) is 52.9 Å². The topological polar surface area (TPSA) is 152 Å². The number of carboxylic acid groups (broad SMARTS) is 2. The monoisotopic (exact) mass is 778 g/mol. The number of aliphatic carboxylic acids is 2. The predicted octanol–water partition coefficient (Wildman–Crippen LogP) is 7.87. The van der Waals surface area contributed by atoms with Crippen LogP contribution in [0.15, 0.2) is 25.3 Å². The van der Waals surface area contributed by atoms with Crippen LogP contribution in [0.1, 0.15) is 0 Å². The van der Waals surface area contributed by atoms with Gasteiger partial charge in [-0.05, 0) is 0 Å². The maximum Gasteiger partial charge on any atom is 0.327 e. The quantitative estimate of drug-likeness (QED) is 0.0798. The number of carbonyl (C=O) groups is 2. The molecule has 0 spiro atoms. The standard InChI is InChI=1S/C20H18Cl8O6.2C3H4O2/c21-11-9(12(22)16(26)19(15(11)25)33-7-5-31-3-1-29)10-13(23)17(27)20(18(28)14(10)24)34-8-6-32-4-2-30;2*1-2-3(4)5/h29-30H,1-8H2;2*2H,1H2,(H,4,5). The molecule has 44 heavy (non-hydrogen) atoms. The molecule has 0 saturated carbocycles. The Bertz CT molecular complexity index is 1130. The molecule has 2 rings (SSSR count). The first kappa shape index (κ1) is 42.6. The Labute approximate surface area is 293 Å². The van der Waals surface area contributed by atoms with Crippen LogP contribution in [0.4, 0.5) is 0 Å². The van der Waals surface area contributed by atoms with E-state index in [0.717, 1.165) is 12.2 Å². The van der Waals surface area contributed by atoms with Crippen LogP contribution >= 0.6 is 92.8 Å². The highest BCUT2D eigenvalue weighted by Crippen LogP contribution is 2.56. The Morgan fingerprint density at radius 3 is 0.977 bits per heavy atom. The fraction of sp³-hybridized carbons (Fsp3) is 0.308. The molecule has 10 nitrogen and oxygen atoms in total. The molecule has 0 bridgehead atoms. The van der Waals surface area contributed by atoms with Crippen LogP contribution in [-0.4, -0.2) is 85.2 Å². The minimum atomic E-state index is -0.981. The number of rotatable bonds is 15. The van der Waals surface area contributed by atoms with E-state index < -0.39 is 11.9 Å². The molecule has 0 aliphatic rings. The van der Waals surface area contributed by atoms with Crippen molar-refractivity contribution in [1.29, 1.82) is 0 Å². The van der Waals surface area contributed by atoms with Gasteiger partial charge in [-0.15, -0.1) is 0 Å². The van der Waals surface area contributed by atoms with Gasteiger partial charge in [0.25, 0.3) is 0 Å². The van der Waals surface area contributed by atoms with Gasteiger partial charge >= 0.3 is 11.9 Å². The third-order valence-corrected chi connectivity index (χ3v) is 7.81. The molecule has 2 aromatic carbocycles. The summed E-state index contributed by atoms with van der Waals surface area (Å²) in [5, 5.41) is 32.3. The van der Waals surface area contributed by atoms with Crippen molar-refractivity contribution in [2.45, 2.75) is 0 Å². The summed E-state index contributed by atoms with van der Waals surface area (Å²) >= 11 is 51.6. The molecule has 0 radical (unpaired) electrons. The first-order chi connectivity index (χ1) is 20.7.